The lowest BCUT2D eigenvalue weighted by molar-refractivity contribution is -0.137. The molecule has 1 aromatic rings. The van der Waals surface area contributed by atoms with Crippen molar-refractivity contribution in [3.8, 4) is 0 Å². The van der Waals surface area contributed by atoms with Gasteiger partial charge in [-0.3, -0.25) is 14.5 Å². The summed E-state index contributed by atoms with van der Waals surface area (Å²) in [5, 5.41) is 0.468. The molecule has 1 aromatic carbocycles. The normalized spacial score (nSPS) is 19.1. The predicted molar refractivity (Wildman–Crippen MR) is 122 cm³/mol. The van der Waals surface area contributed by atoms with Crippen LogP contribution in [0.5, 0.6) is 0 Å². The second kappa shape index (κ2) is 9.15. The van der Waals surface area contributed by atoms with Gasteiger partial charge in [0.1, 0.15) is 0 Å². The lowest BCUT2D eigenvalue weighted by Crippen LogP contribution is -2.53. The molecule has 0 bridgehead atoms. The fraction of sp³-hybridized carbons (Fsp3) is 0.652. The summed E-state index contributed by atoms with van der Waals surface area (Å²) < 4.78 is 0. The van der Waals surface area contributed by atoms with Crippen molar-refractivity contribution >= 4 is 29.1 Å². The number of halogens is 1. The number of hydrogen-bond acceptors (Lipinski definition) is 4. The van der Waals surface area contributed by atoms with E-state index in [1.54, 1.807) is 20.2 Å². The first-order valence-electron chi connectivity index (χ1n) is 10.9. The third kappa shape index (κ3) is 5.09. The number of rotatable bonds is 3. The van der Waals surface area contributed by atoms with Crippen LogP contribution in [0, 0.1) is 5.92 Å². The summed E-state index contributed by atoms with van der Waals surface area (Å²) in [5.74, 6) is 0.369. The number of hydrogen-bond donors (Lipinski definition) is 0. The maximum Gasteiger partial charge on any atom is 0.254 e. The summed E-state index contributed by atoms with van der Waals surface area (Å²) in [4.78, 5) is 33.5. The number of benzene rings is 1. The van der Waals surface area contributed by atoms with E-state index >= 15 is 0 Å². The highest BCUT2D eigenvalue weighted by molar-refractivity contribution is 6.34. The largest absolute Gasteiger partial charge is 0.368 e. The molecule has 0 aliphatic carbocycles. The molecule has 7 heteroatoms. The van der Waals surface area contributed by atoms with E-state index in [1.807, 2.05) is 17.0 Å². The quantitative estimate of drug-likeness (QED) is 0.732. The molecule has 6 nitrogen and oxygen atoms in total. The average Bonchev–Trinajstić information content (AvgIpc) is 2.72. The molecule has 0 aromatic heterocycles. The third-order valence-corrected chi connectivity index (χ3v) is 6.65. The van der Waals surface area contributed by atoms with Gasteiger partial charge >= 0.3 is 0 Å². The summed E-state index contributed by atoms with van der Waals surface area (Å²) in [6.07, 6.45) is 1.90. The number of carbonyl (C=O) groups is 2. The van der Waals surface area contributed by atoms with E-state index in [1.165, 1.54) is 4.90 Å². The monoisotopic (exact) mass is 434 g/mol. The van der Waals surface area contributed by atoms with Crippen molar-refractivity contribution in [2.24, 2.45) is 5.92 Å². The van der Waals surface area contributed by atoms with Crippen molar-refractivity contribution in [1.82, 2.24) is 14.7 Å². The fourth-order valence-electron chi connectivity index (χ4n) is 4.36. The molecule has 2 aliphatic heterocycles. The minimum absolute atomic E-state index is 0.0977. The molecular formula is C23H35ClN4O2. The highest BCUT2D eigenvalue weighted by Gasteiger charge is 2.33. The van der Waals surface area contributed by atoms with Crippen molar-refractivity contribution in [2.45, 2.75) is 39.2 Å². The molecule has 0 N–H and O–H groups in total. The fourth-order valence-corrected chi connectivity index (χ4v) is 4.61. The standard InChI is InChI=1S/C23H35ClN4O2/c1-23(2,3)28-10-8-17(9-11-28)21(29)27-14-12-26(13-15-27)18-6-7-19(20(24)16-18)22(30)25(4)5/h6-7,16-17H,8-15H2,1-5H3. The molecule has 0 saturated carbocycles. The molecule has 3 rings (SSSR count). The molecule has 2 heterocycles. The van der Waals surface area contributed by atoms with E-state index in [9.17, 15) is 9.59 Å². The molecule has 30 heavy (non-hydrogen) atoms. The SMILES string of the molecule is CN(C)C(=O)c1ccc(N2CCN(C(=O)C3CCN(C(C)(C)C)CC3)CC2)cc1Cl. The van der Waals surface area contributed by atoms with E-state index in [4.69, 9.17) is 11.6 Å². The first-order valence-corrected chi connectivity index (χ1v) is 11.3. The molecule has 2 amide bonds. The zero-order valence-electron chi connectivity index (χ0n) is 18.9. The van der Waals surface area contributed by atoms with Crippen molar-refractivity contribution in [1.29, 1.82) is 0 Å². The Kier molecular flexibility index (Phi) is 6.98. The van der Waals surface area contributed by atoms with Crippen LogP contribution in [0.25, 0.3) is 0 Å². The minimum Gasteiger partial charge on any atom is -0.368 e. The Morgan fingerprint density at radius 1 is 1.00 bits per heavy atom. The molecule has 0 unspecified atom stereocenters. The van der Waals surface area contributed by atoms with Gasteiger partial charge in [-0.05, 0) is 64.9 Å². The Balaban J connectivity index is 1.54. The van der Waals surface area contributed by atoms with Gasteiger partial charge in [-0.25, -0.2) is 0 Å². The first-order chi connectivity index (χ1) is 14.1. The number of carbonyl (C=O) groups excluding carboxylic acids is 2. The lowest BCUT2D eigenvalue weighted by Gasteiger charge is -2.42. The summed E-state index contributed by atoms with van der Waals surface area (Å²) in [6, 6.07) is 5.60. The van der Waals surface area contributed by atoms with E-state index in [0.717, 1.165) is 57.8 Å². The lowest BCUT2D eigenvalue weighted by atomic mass is 9.91. The van der Waals surface area contributed by atoms with Gasteiger partial charge in [0.15, 0.2) is 0 Å². The molecule has 2 aliphatic rings. The molecule has 0 atom stereocenters. The zero-order valence-corrected chi connectivity index (χ0v) is 19.7. The Morgan fingerprint density at radius 3 is 2.10 bits per heavy atom. The van der Waals surface area contributed by atoms with Gasteiger partial charge < -0.3 is 14.7 Å². The molecular weight excluding hydrogens is 400 g/mol. The van der Waals surface area contributed by atoms with Crippen LogP contribution >= 0.6 is 11.6 Å². The summed E-state index contributed by atoms with van der Waals surface area (Å²) in [5.41, 5.74) is 1.69. The van der Waals surface area contributed by atoms with Gasteiger partial charge in [0.2, 0.25) is 5.91 Å². The second-order valence-corrected chi connectivity index (χ2v) is 10.0. The maximum absolute atomic E-state index is 13.0. The Morgan fingerprint density at radius 2 is 1.60 bits per heavy atom. The second-order valence-electron chi connectivity index (χ2n) is 9.61. The highest BCUT2D eigenvalue weighted by Crippen LogP contribution is 2.28. The van der Waals surface area contributed by atoms with Crippen LogP contribution in [0.2, 0.25) is 5.02 Å². The number of piperidine rings is 1. The van der Waals surface area contributed by atoms with Crippen LogP contribution in [0.3, 0.4) is 0 Å². The van der Waals surface area contributed by atoms with Crippen LogP contribution in [0.15, 0.2) is 18.2 Å². The Labute approximate surface area is 185 Å². The van der Waals surface area contributed by atoms with Gasteiger partial charge in [0, 0.05) is 57.4 Å². The van der Waals surface area contributed by atoms with Crippen LogP contribution in [0.4, 0.5) is 5.69 Å². The number of amides is 2. The number of nitrogens with zero attached hydrogens (tertiary/aromatic N) is 4. The van der Waals surface area contributed by atoms with Crippen molar-refractivity contribution < 1.29 is 9.59 Å². The number of anilines is 1. The molecule has 2 saturated heterocycles. The van der Waals surface area contributed by atoms with Crippen molar-refractivity contribution in [2.75, 3.05) is 58.3 Å². The van der Waals surface area contributed by atoms with Crippen molar-refractivity contribution in [3.63, 3.8) is 0 Å². The van der Waals surface area contributed by atoms with E-state index in [2.05, 4.69) is 30.6 Å². The average molecular weight is 435 g/mol. The smallest absolute Gasteiger partial charge is 0.254 e. The summed E-state index contributed by atoms with van der Waals surface area (Å²) in [6.45, 7) is 11.7. The van der Waals surface area contributed by atoms with Crippen LogP contribution in [-0.4, -0.2) is 85.4 Å². The minimum atomic E-state index is -0.0977. The molecule has 2 fully saturated rings. The summed E-state index contributed by atoms with van der Waals surface area (Å²) >= 11 is 6.37. The van der Waals surface area contributed by atoms with E-state index < -0.39 is 0 Å². The predicted octanol–water partition coefficient (Wildman–Crippen LogP) is 3.20. The van der Waals surface area contributed by atoms with Crippen LogP contribution in [0.1, 0.15) is 44.0 Å². The van der Waals surface area contributed by atoms with Crippen LogP contribution in [-0.2, 0) is 4.79 Å². The Bertz CT molecular complexity index is 774. The van der Waals surface area contributed by atoms with Crippen LogP contribution < -0.4 is 4.90 Å². The Hall–Kier alpha value is -1.79. The van der Waals surface area contributed by atoms with E-state index in [0.29, 0.717) is 16.5 Å². The zero-order chi connectivity index (χ0) is 22.1. The van der Waals surface area contributed by atoms with Gasteiger partial charge in [-0.15, -0.1) is 0 Å². The highest BCUT2D eigenvalue weighted by atomic mass is 35.5. The first kappa shape index (κ1) is 22.9. The van der Waals surface area contributed by atoms with Gasteiger partial charge in [-0.2, -0.15) is 0 Å². The summed E-state index contributed by atoms with van der Waals surface area (Å²) in [7, 11) is 3.44. The molecule has 0 spiro atoms. The number of piperazine rings is 1. The molecule has 166 valence electrons. The van der Waals surface area contributed by atoms with Gasteiger partial charge in [0.25, 0.3) is 5.91 Å². The number of likely N-dealkylation sites (tertiary alicyclic amines) is 1. The van der Waals surface area contributed by atoms with Gasteiger partial charge in [-0.1, -0.05) is 11.6 Å². The van der Waals surface area contributed by atoms with E-state index in [-0.39, 0.29) is 17.4 Å². The third-order valence-electron chi connectivity index (χ3n) is 6.34. The van der Waals surface area contributed by atoms with Gasteiger partial charge in [0.05, 0.1) is 10.6 Å². The van der Waals surface area contributed by atoms with Crippen molar-refractivity contribution in [3.05, 3.63) is 28.8 Å². The maximum atomic E-state index is 13.0. The topological polar surface area (TPSA) is 47.1 Å². The molecule has 0 radical (unpaired) electrons.